The molecule has 0 radical (unpaired) electrons. The van der Waals surface area contributed by atoms with E-state index in [1.807, 2.05) is 67.6 Å². The summed E-state index contributed by atoms with van der Waals surface area (Å²) >= 11 is 0. The van der Waals surface area contributed by atoms with Gasteiger partial charge < -0.3 is 14.4 Å². The van der Waals surface area contributed by atoms with Crippen molar-refractivity contribution in [2.24, 2.45) is 0 Å². The molecule has 0 spiro atoms. The van der Waals surface area contributed by atoms with Crippen molar-refractivity contribution in [1.82, 2.24) is 14.5 Å². The summed E-state index contributed by atoms with van der Waals surface area (Å²) in [7, 11) is 3.17. The number of hydrogen-bond donors (Lipinski definition) is 0. The highest BCUT2D eigenvalue weighted by molar-refractivity contribution is 5.94. The van der Waals surface area contributed by atoms with Gasteiger partial charge in [-0.1, -0.05) is 57.2 Å². The topological polar surface area (TPSA) is 73.7 Å². The molecule has 0 bridgehead atoms. The Morgan fingerprint density at radius 2 is 1.63 bits per heavy atom. The molecule has 1 aromatic heterocycles. The highest BCUT2D eigenvalue weighted by atomic mass is 16.5. The predicted molar refractivity (Wildman–Crippen MR) is 150 cm³/mol. The summed E-state index contributed by atoms with van der Waals surface area (Å²) in [6.45, 7) is 8.96. The average Bonchev–Trinajstić information content (AvgIpc) is 2.92. The highest BCUT2D eigenvalue weighted by Gasteiger charge is 2.28. The number of para-hydroxylation sites is 3. The molecular formula is C31H35N3O4. The Bertz CT molecular complexity index is 1490. The lowest BCUT2D eigenvalue weighted by Crippen LogP contribution is -2.39. The van der Waals surface area contributed by atoms with E-state index < -0.39 is 6.04 Å². The number of amides is 1. The van der Waals surface area contributed by atoms with Gasteiger partial charge in [-0.25, -0.2) is 4.98 Å². The van der Waals surface area contributed by atoms with E-state index in [4.69, 9.17) is 14.5 Å². The van der Waals surface area contributed by atoms with Gasteiger partial charge in [-0.3, -0.25) is 14.2 Å². The molecule has 4 rings (SSSR count). The van der Waals surface area contributed by atoms with Gasteiger partial charge in [0.1, 0.15) is 11.6 Å². The summed E-state index contributed by atoms with van der Waals surface area (Å²) in [5.74, 6) is 0.811. The van der Waals surface area contributed by atoms with Crippen LogP contribution in [0.1, 0.15) is 55.5 Å². The minimum Gasteiger partial charge on any atom is -0.495 e. The van der Waals surface area contributed by atoms with E-state index in [0.717, 1.165) is 5.56 Å². The standard InChI is InChI=1S/C31H35N3O4/c1-21(33(19-20-37-5)29(35)22-15-17-23(18-16-22)31(2,3)4)28-32-25-12-8-7-11-24(25)30(36)34(28)26-13-9-10-14-27(26)38-6/h7-18,21H,19-20H2,1-6H3. The van der Waals surface area contributed by atoms with Gasteiger partial charge >= 0.3 is 0 Å². The summed E-state index contributed by atoms with van der Waals surface area (Å²) in [5.41, 5.74) is 2.59. The zero-order chi connectivity index (χ0) is 27.4. The van der Waals surface area contributed by atoms with E-state index >= 15 is 0 Å². The average molecular weight is 514 g/mol. The fourth-order valence-electron chi connectivity index (χ4n) is 4.56. The smallest absolute Gasteiger partial charge is 0.266 e. The first-order valence-corrected chi connectivity index (χ1v) is 12.7. The molecule has 1 amide bonds. The normalized spacial score (nSPS) is 12.4. The van der Waals surface area contributed by atoms with Crippen LogP contribution in [0.2, 0.25) is 0 Å². The Morgan fingerprint density at radius 3 is 2.29 bits per heavy atom. The maximum absolute atomic E-state index is 13.9. The van der Waals surface area contributed by atoms with Crippen LogP contribution in [0.15, 0.2) is 77.6 Å². The summed E-state index contributed by atoms with van der Waals surface area (Å²) < 4.78 is 12.5. The Labute approximate surface area is 223 Å². The summed E-state index contributed by atoms with van der Waals surface area (Å²) in [6.07, 6.45) is 0. The van der Waals surface area contributed by atoms with Crippen molar-refractivity contribution in [3.63, 3.8) is 0 Å². The number of ether oxygens (including phenoxy) is 2. The van der Waals surface area contributed by atoms with Gasteiger partial charge in [-0.05, 0) is 54.3 Å². The molecular weight excluding hydrogens is 478 g/mol. The van der Waals surface area contributed by atoms with Gasteiger partial charge in [0.25, 0.3) is 11.5 Å². The molecule has 38 heavy (non-hydrogen) atoms. The van der Waals surface area contributed by atoms with Crippen LogP contribution in [-0.2, 0) is 10.2 Å². The zero-order valence-electron chi connectivity index (χ0n) is 22.9. The molecule has 198 valence electrons. The Morgan fingerprint density at radius 1 is 0.974 bits per heavy atom. The third kappa shape index (κ3) is 5.34. The quantitative estimate of drug-likeness (QED) is 0.309. The summed E-state index contributed by atoms with van der Waals surface area (Å²) in [5, 5.41) is 0.488. The van der Waals surface area contributed by atoms with Crippen LogP contribution in [0.4, 0.5) is 0 Å². The molecule has 0 saturated carbocycles. The van der Waals surface area contributed by atoms with E-state index in [9.17, 15) is 9.59 Å². The number of methoxy groups -OCH3 is 2. The predicted octanol–water partition coefficient (Wildman–Crippen LogP) is 5.54. The van der Waals surface area contributed by atoms with Gasteiger partial charge in [0.2, 0.25) is 0 Å². The Balaban J connectivity index is 1.88. The molecule has 4 aromatic rings. The number of hydrogen-bond acceptors (Lipinski definition) is 5. The van der Waals surface area contributed by atoms with Crippen molar-refractivity contribution in [3.05, 3.63) is 100 Å². The third-order valence-corrected chi connectivity index (χ3v) is 6.76. The molecule has 1 atom stereocenters. The van der Waals surface area contributed by atoms with Crippen LogP contribution in [0.25, 0.3) is 16.6 Å². The molecule has 0 aliphatic carbocycles. The molecule has 0 N–H and O–H groups in total. The number of rotatable bonds is 8. The Hall–Kier alpha value is -3.97. The van der Waals surface area contributed by atoms with Gasteiger partial charge in [-0.15, -0.1) is 0 Å². The second kappa shape index (κ2) is 11.2. The molecule has 0 saturated heterocycles. The van der Waals surface area contributed by atoms with Gasteiger partial charge in [0.15, 0.2) is 0 Å². The van der Waals surface area contributed by atoms with Crippen LogP contribution in [0.5, 0.6) is 5.75 Å². The van der Waals surface area contributed by atoms with E-state index in [-0.39, 0.29) is 16.9 Å². The first-order chi connectivity index (χ1) is 18.2. The van der Waals surface area contributed by atoms with Crippen LogP contribution in [-0.4, -0.2) is 47.7 Å². The number of aromatic nitrogens is 2. The van der Waals surface area contributed by atoms with Gasteiger partial charge in [-0.2, -0.15) is 0 Å². The minimum absolute atomic E-state index is 0.0234. The van der Waals surface area contributed by atoms with E-state index in [2.05, 4.69) is 20.8 Å². The van der Waals surface area contributed by atoms with E-state index in [0.29, 0.717) is 46.9 Å². The second-order valence-corrected chi connectivity index (χ2v) is 10.3. The maximum Gasteiger partial charge on any atom is 0.266 e. The van der Waals surface area contributed by atoms with Gasteiger partial charge in [0.05, 0.1) is 36.3 Å². The molecule has 1 unspecified atom stereocenters. The first kappa shape index (κ1) is 27.1. The van der Waals surface area contributed by atoms with Crippen LogP contribution < -0.4 is 10.3 Å². The van der Waals surface area contributed by atoms with Crippen molar-refractivity contribution in [1.29, 1.82) is 0 Å². The lowest BCUT2D eigenvalue weighted by molar-refractivity contribution is 0.0605. The molecule has 7 nitrogen and oxygen atoms in total. The Kier molecular flexibility index (Phi) is 7.97. The zero-order valence-corrected chi connectivity index (χ0v) is 22.9. The fraction of sp³-hybridized carbons (Fsp3) is 0.323. The van der Waals surface area contributed by atoms with Crippen LogP contribution >= 0.6 is 0 Å². The van der Waals surface area contributed by atoms with Crippen molar-refractivity contribution in [3.8, 4) is 11.4 Å². The number of benzene rings is 3. The molecule has 0 aliphatic rings. The highest BCUT2D eigenvalue weighted by Crippen LogP contribution is 2.29. The molecule has 0 aliphatic heterocycles. The van der Waals surface area contributed by atoms with Crippen molar-refractivity contribution in [2.75, 3.05) is 27.4 Å². The van der Waals surface area contributed by atoms with Gasteiger partial charge in [0, 0.05) is 19.2 Å². The van der Waals surface area contributed by atoms with Crippen LogP contribution in [0, 0.1) is 0 Å². The van der Waals surface area contributed by atoms with Crippen LogP contribution in [0.3, 0.4) is 0 Å². The largest absolute Gasteiger partial charge is 0.495 e. The van der Waals surface area contributed by atoms with Crippen molar-refractivity contribution >= 4 is 16.8 Å². The summed E-state index contributed by atoms with van der Waals surface area (Å²) in [4.78, 5) is 34.4. The number of carbonyl (C=O) groups is 1. The first-order valence-electron chi connectivity index (χ1n) is 12.7. The number of fused-ring (bicyclic) bond motifs is 1. The SMILES string of the molecule is COCCN(C(=O)c1ccc(C(C)(C)C)cc1)C(C)c1nc2ccccc2c(=O)n1-c1ccccc1OC. The molecule has 0 fully saturated rings. The van der Waals surface area contributed by atoms with Crippen molar-refractivity contribution in [2.45, 2.75) is 39.2 Å². The molecule has 1 heterocycles. The maximum atomic E-state index is 13.9. The van der Waals surface area contributed by atoms with E-state index in [1.165, 1.54) is 0 Å². The molecule has 7 heteroatoms. The summed E-state index contributed by atoms with van der Waals surface area (Å²) in [6, 6.07) is 21.7. The number of carbonyl (C=O) groups excluding carboxylic acids is 1. The van der Waals surface area contributed by atoms with Crippen molar-refractivity contribution < 1.29 is 14.3 Å². The minimum atomic E-state index is -0.554. The lowest BCUT2D eigenvalue weighted by Gasteiger charge is -2.31. The number of nitrogens with zero attached hydrogens (tertiary/aromatic N) is 3. The molecule has 3 aromatic carbocycles. The lowest BCUT2D eigenvalue weighted by atomic mass is 9.86. The monoisotopic (exact) mass is 513 g/mol. The van der Waals surface area contributed by atoms with E-state index in [1.54, 1.807) is 35.8 Å². The fourth-order valence-corrected chi connectivity index (χ4v) is 4.56. The third-order valence-electron chi connectivity index (χ3n) is 6.76. The second-order valence-electron chi connectivity index (χ2n) is 10.3.